The Labute approximate surface area is 129 Å². The van der Waals surface area contributed by atoms with Gasteiger partial charge in [0.1, 0.15) is 11.9 Å². The van der Waals surface area contributed by atoms with Crippen LogP contribution in [0.5, 0.6) is 17.2 Å². The summed E-state index contributed by atoms with van der Waals surface area (Å²) < 4.78 is 11.2. The SMILES string of the molecule is COc1cc(C2CC(=O)c3c(C)cc(C)cc3O2)ccc1O. The molecule has 0 aliphatic carbocycles. The molecule has 4 heteroatoms. The molecule has 1 aliphatic heterocycles. The van der Waals surface area contributed by atoms with E-state index in [1.807, 2.05) is 26.0 Å². The summed E-state index contributed by atoms with van der Waals surface area (Å²) >= 11 is 0. The van der Waals surface area contributed by atoms with E-state index >= 15 is 0 Å². The number of carbonyl (C=O) groups excluding carboxylic acids is 1. The van der Waals surface area contributed by atoms with Crippen molar-refractivity contribution in [3.05, 3.63) is 52.6 Å². The number of methoxy groups -OCH3 is 1. The second-order valence-electron chi connectivity index (χ2n) is 5.62. The van der Waals surface area contributed by atoms with Crippen LogP contribution in [0.15, 0.2) is 30.3 Å². The standard InChI is InChI=1S/C18H18O4/c1-10-6-11(2)18-14(20)9-15(22-17(18)7-10)12-4-5-13(19)16(8-12)21-3/h4-8,15,19H,9H2,1-3H3. The van der Waals surface area contributed by atoms with Crippen molar-refractivity contribution in [3.63, 3.8) is 0 Å². The van der Waals surface area contributed by atoms with E-state index in [-0.39, 0.29) is 24.1 Å². The Morgan fingerprint density at radius 3 is 2.73 bits per heavy atom. The second kappa shape index (κ2) is 5.37. The van der Waals surface area contributed by atoms with Crippen LogP contribution in [0, 0.1) is 13.8 Å². The number of carbonyl (C=O) groups is 1. The molecule has 1 atom stereocenters. The number of hydrogen-bond donors (Lipinski definition) is 1. The maximum atomic E-state index is 12.5. The van der Waals surface area contributed by atoms with Crippen molar-refractivity contribution >= 4 is 5.78 Å². The van der Waals surface area contributed by atoms with Gasteiger partial charge in [-0.1, -0.05) is 12.1 Å². The van der Waals surface area contributed by atoms with E-state index in [9.17, 15) is 9.90 Å². The molecule has 2 aromatic carbocycles. The molecule has 0 fully saturated rings. The van der Waals surface area contributed by atoms with Crippen molar-refractivity contribution in [1.29, 1.82) is 0 Å². The number of Topliss-reactive ketones (excluding diaryl/α,β-unsaturated/α-hetero) is 1. The summed E-state index contributed by atoms with van der Waals surface area (Å²) in [6.45, 7) is 3.91. The molecule has 114 valence electrons. The van der Waals surface area contributed by atoms with Gasteiger partial charge in [-0.3, -0.25) is 4.79 Å². The van der Waals surface area contributed by atoms with Crippen LogP contribution in [0.2, 0.25) is 0 Å². The highest BCUT2D eigenvalue weighted by molar-refractivity contribution is 6.01. The summed E-state index contributed by atoms with van der Waals surface area (Å²) in [5, 5.41) is 9.68. The fourth-order valence-corrected chi connectivity index (χ4v) is 2.92. The van der Waals surface area contributed by atoms with Crippen molar-refractivity contribution in [3.8, 4) is 17.2 Å². The first kappa shape index (κ1) is 14.4. The van der Waals surface area contributed by atoms with E-state index in [0.29, 0.717) is 17.1 Å². The fourth-order valence-electron chi connectivity index (χ4n) is 2.92. The maximum Gasteiger partial charge on any atom is 0.170 e. The Morgan fingerprint density at radius 1 is 1.23 bits per heavy atom. The second-order valence-corrected chi connectivity index (χ2v) is 5.62. The van der Waals surface area contributed by atoms with E-state index in [1.165, 1.54) is 7.11 Å². The van der Waals surface area contributed by atoms with E-state index in [2.05, 4.69) is 0 Å². The molecule has 0 saturated carbocycles. The number of fused-ring (bicyclic) bond motifs is 1. The molecule has 0 bridgehead atoms. The minimum atomic E-state index is -0.365. The quantitative estimate of drug-likeness (QED) is 0.918. The van der Waals surface area contributed by atoms with Crippen LogP contribution in [-0.2, 0) is 0 Å². The van der Waals surface area contributed by atoms with Gasteiger partial charge in [-0.05, 0) is 48.7 Å². The van der Waals surface area contributed by atoms with Crippen LogP contribution < -0.4 is 9.47 Å². The first-order valence-electron chi connectivity index (χ1n) is 7.17. The summed E-state index contributed by atoms with van der Waals surface area (Å²) in [7, 11) is 1.49. The largest absolute Gasteiger partial charge is 0.504 e. The Balaban J connectivity index is 2.00. The lowest BCUT2D eigenvalue weighted by molar-refractivity contribution is 0.0848. The Bertz CT molecular complexity index is 749. The van der Waals surface area contributed by atoms with Gasteiger partial charge >= 0.3 is 0 Å². The number of ketones is 1. The van der Waals surface area contributed by atoms with Crippen molar-refractivity contribution in [2.24, 2.45) is 0 Å². The molecule has 4 nitrogen and oxygen atoms in total. The van der Waals surface area contributed by atoms with Gasteiger partial charge in [0.25, 0.3) is 0 Å². The van der Waals surface area contributed by atoms with Gasteiger partial charge < -0.3 is 14.6 Å². The van der Waals surface area contributed by atoms with Crippen molar-refractivity contribution in [2.75, 3.05) is 7.11 Å². The first-order chi connectivity index (χ1) is 10.5. The molecule has 1 heterocycles. The zero-order valence-corrected chi connectivity index (χ0v) is 12.8. The number of hydrogen-bond acceptors (Lipinski definition) is 4. The van der Waals surface area contributed by atoms with Crippen molar-refractivity contribution < 1.29 is 19.4 Å². The van der Waals surface area contributed by atoms with Crippen LogP contribution in [0.4, 0.5) is 0 Å². The summed E-state index contributed by atoms with van der Waals surface area (Å²) in [6.07, 6.45) is -0.0825. The number of ether oxygens (including phenoxy) is 2. The molecule has 0 radical (unpaired) electrons. The van der Waals surface area contributed by atoms with Crippen LogP contribution in [-0.4, -0.2) is 18.0 Å². The maximum absolute atomic E-state index is 12.5. The van der Waals surface area contributed by atoms with Gasteiger partial charge in [0.05, 0.1) is 19.1 Å². The molecular weight excluding hydrogens is 280 g/mol. The predicted octanol–water partition coefficient (Wildman–Crippen LogP) is 3.72. The summed E-state index contributed by atoms with van der Waals surface area (Å²) in [4.78, 5) is 12.5. The van der Waals surface area contributed by atoms with Gasteiger partial charge in [-0.15, -0.1) is 0 Å². The lowest BCUT2D eigenvalue weighted by atomic mass is 9.92. The highest BCUT2D eigenvalue weighted by Gasteiger charge is 2.29. The number of rotatable bonds is 2. The van der Waals surface area contributed by atoms with Gasteiger partial charge in [-0.2, -0.15) is 0 Å². The molecule has 1 N–H and O–H groups in total. The Morgan fingerprint density at radius 2 is 2.00 bits per heavy atom. The topological polar surface area (TPSA) is 55.8 Å². The average Bonchev–Trinajstić information content (AvgIpc) is 2.46. The van der Waals surface area contributed by atoms with Gasteiger partial charge in [-0.25, -0.2) is 0 Å². The van der Waals surface area contributed by atoms with Crippen LogP contribution in [0.1, 0.15) is 39.6 Å². The number of benzene rings is 2. The third-order valence-electron chi connectivity index (χ3n) is 3.94. The molecular formula is C18H18O4. The number of phenolic OH excluding ortho intramolecular Hbond substituents is 1. The summed E-state index contributed by atoms with van der Waals surface area (Å²) in [5.74, 6) is 1.15. The van der Waals surface area contributed by atoms with Gasteiger partial charge in [0.15, 0.2) is 17.3 Å². The van der Waals surface area contributed by atoms with Gasteiger partial charge in [0.2, 0.25) is 0 Å². The minimum absolute atomic E-state index is 0.0699. The fraction of sp³-hybridized carbons (Fsp3) is 0.278. The smallest absolute Gasteiger partial charge is 0.170 e. The number of aryl methyl sites for hydroxylation is 2. The van der Waals surface area contributed by atoms with E-state index in [4.69, 9.17) is 9.47 Å². The summed E-state index contributed by atoms with van der Waals surface area (Å²) in [5.41, 5.74) is 3.50. The van der Waals surface area contributed by atoms with Crippen LogP contribution in [0.25, 0.3) is 0 Å². The monoisotopic (exact) mass is 298 g/mol. The predicted molar refractivity (Wildman–Crippen MR) is 82.9 cm³/mol. The highest BCUT2D eigenvalue weighted by Crippen LogP contribution is 2.39. The van der Waals surface area contributed by atoms with Crippen molar-refractivity contribution in [2.45, 2.75) is 26.4 Å². The zero-order chi connectivity index (χ0) is 15.9. The molecule has 2 aromatic rings. The molecule has 22 heavy (non-hydrogen) atoms. The van der Waals surface area contributed by atoms with Crippen LogP contribution >= 0.6 is 0 Å². The van der Waals surface area contributed by atoms with Crippen LogP contribution in [0.3, 0.4) is 0 Å². The molecule has 0 spiro atoms. The molecule has 3 rings (SSSR count). The highest BCUT2D eigenvalue weighted by atomic mass is 16.5. The first-order valence-corrected chi connectivity index (χ1v) is 7.17. The molecule has 0 amide bonds. The van der Waals surface area contributed by atoms with E-state index in [1.54, 1.807) is 18.2 Å². The lowest BCUT2D eigenvalue weighted by Gasteiger charge is -2.27. The normalized spacial score (nSPS) is 16.9. The molecule has 0 saturated heterocycles. The number of aromatic hydroxyl groups is 1. The molecule has 1 aliphatic rings. The zero-order valence-electron chi connectivity index (χ0n) is 12.8. The van der Waals surface area contributed by atoms with Gasteiger partial charge in [0, 0.05) is 0 Å². The Kier molecular flexibility index (Phi) is 3.53. The van der Waals surface area contributed by atoms with E-state index < -0.39 is 0 Å². The third-order valence-corrected chi connectivity index (χ3v) is 3.94. The van der Waals surface area contributed by atoms with E-state index in [0.717, 1.165) is 16.7 Å². The minimum Gasteiger partial charge on any atom is -0.504 e. The number of phenols is 1. The molecule has 0 aromatic heterocycles. The Hall–Kier alpha value is -2.49. The molecule has 1 unspecified atom stereocenters. The lowest BCUT2D eigenvalue weighted by Crippen LogP contribution is -2.21. The third kappa shape index (κ3) is 2.41. The van der Waals surface area contributed by atoms with Crippen molar-refractivity contribution in [1.82, 2.24) is 0 Å². The average molecular weight is 298 g/mol. The summed E-state index contributed by atoms with van der Waals surface area (Å²) in [6, 6.07) is 8.90.